The Balaban J connectivity index is 1.66. The third-order valence-corrected chi connectivity index (χ3v) is 7.09. The van der Waals surface area contributed by atoms with E-state index in [1.165, 1.54) is 11.6 Å². The largest absolute Gasteiger partial charge is 0.376 e. The highest BCUT2D eigenvalue weighted by atomic mass is 32.2. The van der Waals surface area contributed by atoms with E-state index in [-0.39, 0.29) is 28.2 Å². The third-order valence-electron chi connectivity index (χ3n) is 5.12. The molecule has 0 saturated carbocycles. The average Bonchev–Trinajstić information content (AvgIpc) is 2.72. The van der Waals surface area contributed by atoms with Gasteiger partial charge in [-0.05, 0) is 36.6 Å². The summed E-state index contributed by atoms with van der Waals surface area (Å²) in [4.78, 5) is 15.2. The minimum absolute atomic E-state index is 0.0273. The molecule has 3 rings (SSSR count). The summed E-state index contributed by atoms with van der Waals surface area (Å²) in [6.45, 7) is 7.64. The Morgan fingerprint density at radius 2 is 1.93 bits per heavy atom. The van der Waals surface area contributed by atoms with E-state index >= 15 is 0 Å². The molecule has 0 aromatic heterocycles. The molecule has 1 aliphatic heterocycles. The fraction of sp³-hybridized carbons (Fsp3) is 0.435. The second-order valence-electron chi connectivity index (χ2n) is 7.73. The molecule has 1 atom stereocenters. The molecular formula is C23H30N2O4S. The first-order valence-corrected chi connectivity index (χ1v) is 12.1. The second-order valence-corrected chi connectivity index (χ2v) is 9.81. The summed E-state index contributed by atoms with van der Waals surface area (Å²) in [7, 11) is -3.47. The van der Waals surface area contributed by atoms with E-state index in [4.69, 9.17) is 4.74 Å². The number of amides is 1. The topological polar surface area (TPSA) is 75.7 Å². The van der Waals surface area contributed by atoms with E-state index in [2.05, 4.69) is 29.3 Å². The van der Waals surface area contributed by atoms with Gasteiger partial charge in [-0.2, -0.15) is 0 Å². The molecule has 1 fully saturated rings. The van der Waals surface area contributed by atoms with Gasteiger partial charge in [0.15, 0.2) is 9.84 Å². The van der Waals surface area contributed by atoms with Gasteiger partial charge in [0, 0.05) is 26.2 Å². The number of rotatable bonds is 8. The van der Waals surface area contributed by atoms with Crippen molar-refractivity contribution < 1.29 is 17.9 Å². The number of nitrogens with zero attached hydrogens (tertiary/aromatic N) is 1. The highest BCUT2D eigenvalue weighted by Crippen LogP contribution is 2.18. The quantitative estimate of drug-likeness (QED) is 0.697. The Hall–Kier alpha value is -2.22. The van der Waals surface area contributed by atoms with E-state index in [9.17, 15) is 13.2 Å². The van der Waals surface area contributed by atoms with Crippen LogP contribution in [-0.4, -0.2) is 50.8 Å². The molecule has 1 heterocycles. The van der Waals surface area contributed by atoms with Gasteiger partial charge in [0.05, 0.1) is 28.9 Å². The number of sulfone groups is 1. The van der Waals surface area contributed by atoms with Gasteiger partial charge in [-0.15, -0.1) is 0 Å². The molecule has 0 bridgehead atoms. The van der Waals surface area contributed by atoms with Crippen LogP contribution in [-0.2, 0) is 27.7 Å². The van der Waals surface area contributed by atoms with Crippen LogP contribution in [0.15, 0.2) is 53.4 Å². The minimum Gasteiger partial charge on any atom is -0.376 e. The lowest BCUT2D eigenvalue weighted by Crippen LogP contribution is -2.40. The molecule has 1 aliphatic rings. The lowest BCUT2D eigenvalue weighted by Gasteiger charge is -2.31. The summed E-state index contributed by atoms with van der Waals surface area (Å²) in [5, 5.41) is 2.87. The maximum absolute atomic E-state index is 12.7. The Labute approximate surface area is 179 Å². The molecule has 30 heavy (non-hydrogen) atoms. The number of benzene rings is 2. The molecule has 1 saturated heterocycles. The fourth-order valence-corrected chi connectivity index (χ4v) is 5.25. The number of ether oxygens (including phenoxy) is 1. The molecule has 7 heteroatoms. The fourth-order valence-electron chi connectivity index (χ4n) is 3.71. The van der Waals surface area contributed by atoms with Crippen molar-refractivity contribution in [1.29, 1.82) is 0 Å². The van der Waals surface area contributed by atoms with Gasteiger partial charge in [0.2, 0.25) is 0 Å². The maximum atomic E-state index is 12.7. The first-order valence-electron chi connectivity index (χ1n) is 10.4. The van der Waals surface area contributed by atoms with Gasteiger partial charge in [-0.25, -0.2) is 8.42 Å². The van der Waals surface area contributed by atoms with Crippen LogP contribution in [0.1, 0.15) is 41.8 Å². The zero-order valence-corrected chi connectivity index (χ0v) is 18.5. The van der Waals surface area contributed by atoms with Gasteiger partial charge >= 0.3 is 0 Å². The van der Waals surface area contributed by atoms with Crippen molar-refractivity contribution in [3.63, 3.8) is 0 Å². The molecule has 0 radical (unpaired) electrons. The zero-order valence-electron chi connectivity index (χ0n) is 17.6. The minimum atomic E-state index is -3.47. The number of hydrogen-bond donors (Lipinski definition) is 1. The van der Waals surface area contributed by atoms with Crippen molar-refractivity contribution in [1.82, 2.24) is 10.2 Å². The van der Waals surface area contributed by atoms with Crippen LogP contribution < -0.4 is 5.32 Å². The van der Waals surface area contributed by atoms with Gasteiger partial charge < -0.3 is 10.1 Å². The van der Waals surface area contributed by atoms with Gasteiger partial charge in [-0.1, -0.05) is 43.3 Å². The molecule has 0 aliphatic carbocycles. The molecule has 0 spiro atoms. The summed E-state index contributed by atoms with van der Waals surface area (Å²) in [5.41, 5.74) is 2.36. The van der Waals surface area contributed by atoms with E-state index < -0.39 is 9.84 Å². The van der Waals surface area contributed by atoms with Crippen LogP contribution in [0.5, 0.6) is 0 Å². The number of carbonyl (C=O) groups excluding carboxylic acids is 1. The lowest BCUT2D eigenvalue weighted by molar-refractivity contribution is -0.0212. The zero-order chi connectivity index (χ0) is 21.6. The van der Waals surface area contributed by atoms with Crippen molar-refractivity contribution in [2.45, 2.75) is 44.4 Å². The Kier molecular flexibility index (Phi) is 7.64. The highest BCUT2D eigenvalue weighted by molar-refractivity contribution is 7.91. The van der Waals surface area contributed by atoms with Crippen molar-refractivity contribution >= 4 is 15.7 Å². The van der Waals surface area contributed by atoms with E-state index in [0.29, 0.717) is 13.0 Å². The molecule has 6 nitrogen and oxygen atoms in total. The van der Waals surface area contributed by atoms with E-state index in [1.54, 1.807) is 18.2 Å². The first kappa shape index (κ1) is 22.5. The monoisotopic (exact) mass is 430 g/mol. The number of carbonyl (C=O) groups is 1. The van der Waals surface area contributed by atoms with Crippen LogP contribution in [0, 0.1) is 0 Å². The summed E-state index contributed by atoms with van der Waals surface area (Å²) < 4.78 is 30.6. The summed E-state index contributed by atoms with van der Waals surface area (Å²) in [5.74, 6) is -0.350. The Morgan fingerprint density at radius 1 is 1.17 bits per heavy atom. The van der Waals surface area contributed by atoms with Crippen molar-refractivity contribution in [3.8, 4) is 0 Å². The van der Waals surface area contributed by atoms with E-state index in [1.807, 2.05) is 19.1 Å². The normalized spacial score (nSPS) is 17.6. The number of morpholine rings is 1. The third kappa shape index (κ3) is 5.90. The smallest absolute Gasteiger partial charge is 0.252 e. The molecule has 162 valence electrons. The molecular weight excluding hydrogens is 400 g/mol. The SMILES string of the molecule is CCCS(=O)(=O)c1ccccc1C(=O)NCc1cccc(CN2CCOC(C)C2)c1. The van der Waals surface area contributed by atoms with E-state index in [0.717, 1.165) is 31.8 Å². The standard InChI is InChI=1S/C23H30N2O4S/c1-3-13-30(27,28)22-10-5-4-9-21(22)23(26)24-15-19-7-6-8-20(14-19)17-25-11-12-29-18(2)16-25/h4-10,14,18H,3,11-13,15-17H2,1-2H3,(H,24,26). The van der Waals surface area contributed by atoms with Crippen LogP contribution >= 0.6 is 0 Å². The van der Waals surface area contributed by atoms with Crippen molar-refractivity contribution in [2.75, 3.05) is 25.4 Å². The van der Waals surface area contributed by atoms with Crippen LogP contribution in [0.2, 0.25) is 0 Å². The summed E-state index contributed by atoms with van der Waals surface area (Å²) >= 11 is 0. The van der Waals surface area contributed by atoms with Crippen LogP contribution in [0.25, 0.3) is 0 Å². The van der Waals surface area contributed by atoms with Gasteiger partial charge in [-0.3, -0.25) is 9.69 Å². The molecule has 1 amide bonds. The Bertz CT molecular complexity index is 975. The Morgan fingerprint density at radius 3 is 2.70 bits per heavy atom. The molecule has 2 aromatic rings. The predicted octanol–water partition coefficient (Wildman–Crippen LogP) is 3.02. The number of nitrogens with one attached hydrogen (secondary N) is 1. The van der Waals surface area contributed by atoms with Gasteiger partial charge in [0.1, 0.15) is 0 Å². The van der Waals surface area contributed by atoms with Crippen LogP contribution in [0.4, 0.5) is 0 Å². The molecule has 1 N–H and O–H groups in total. The molecule has 2 aromatic carbocycles. The highest BCUT2D eigenvalue weighted by Gasteiger charge is 2.21. The lowest BCUT2D eigenvalue weighted by atomic mass is 10.1. The summed E-state index contributed by atoms with van der Waals surface area (Å²) in [6, 6.07) is 14.5. The van der Waals surface area contributed by atoms with Crippen LogP contribution in [0.3, 0.4) is 0 Å². The number of hydrogen-bond acceptors (Lipinski definition) is 5. The maximum Gasteiger partial charge on any atom is 0.252 e. The second kappa shape index (κ2) is 10.2. The first-order chi connectivity index (χ1) is 14.4. The van der Waals surface area contributed by atoms with Crippen molar-refractivity contribution in [3.05, 3.63) is 65.2 Å². The predicted molar refractivity (Wildman–Crippen MR) is 117 cm³/mol. The molecule has 1 unspecified atom stereocenters. The van der Waals surface area contributed by atoms with Crippen molar-refractivity contribution in [2.24, 2.45) is 0 Å². The average molecular weight is 431 g/mol. The van der Waals surface area contributed by atoms with Gasteiger partial charge in [0.25, 0.3) is 5.91 Å². The summed E-state index contributed by atoms with van der Waals surface area (Å²) in [6.07, 6.45) is 0.748.